The van der Waals surface area contributed by atoms with E-state index in [0.717, 1.165) is 5.56 Å². The van der Waals surface area contributed by atoms with Gasteiger partial charge in [-0.2, -0.15) is 0 Å². The summed E-state index contributed by atoms with van der Waals surface area (Å²) in [4.78, 5) is 14.6. The van der Waals surface area contributed by atoms with Crippen LogP contribution in [0.15, 0.2) is 24.3 Å². The second-order valence-corrected chi connectivity index (χ2v) is 6.27. The standard InChI is InChI=1S/C16H22ClNO2/c1-11(2)15(12-3-5-13(17)6-4-12)16(20)18-9-7-14(19)8-10-18/h3-6,11,14-15,19H,7-10H2,1-2H3. The third-order valence-corrected chi connectivity index (χ3v) is 4.19. The fourth-order valence-corrected chi connectivity index (χ4v) is 2.89. The van der Waals surface area contributed by atoms with Crippen LogP contribution in [0.1, 0.15) is 38.2 Å². The molecule has 1 saturated heterocycles. The molecule has 1 aromatic rings. The molecule has 1 aliphatic heterocycles. The number of hydrogen-bond donors (Lipinski definition) is 1. The van der Waals surface area contributed by atoms with Crippen molar-refractivity contribution in [2.75, 3.05) is 13.1 Å². The number of carbonyl (C=O) groups is 1. The third kappa shape index (κ3) is 3.53. The third-order valence-electron chi connectivity index (χ3n) is 3.94. The summed E-state index contributed by atoms with van der Waals surface area (Å²) in [5.74, 6) is 0.257. The van der Waals surface area contributed by atoms with Crippen LogP contribution in [-0.4, -0.2) is 35.1 Å². The number of piperidine rings is 1. The Labute approximate surface area is 125 Å². The maximum Gasteiger partial charge on any atom is 0.230 e. The summed E-state index contributed by atoms with van der Waals surface area (Å²) in [7, 11) is 0. The van der Waals surface area contributed by atoms with Gasteiger partial charge in [0.1, 0.15) is 0 Å². The molecule has 1 N–H and O–H groups in total. The minimum atomic E-state index is -0.257. The van der Waals surface area contributed by atoms with Crippen molar-refractivity contribution >= 4 is 17.5 Å². The Morgan fingerprint density at radius 2 is 1.80 bits per heavy atom. The maximum atomic E-state index is 12.7. The van der Waals surface area contributed by atoms with Crippen LogP contribution in [0.25, 0.3) is 0 Å². The van der Waals surface area contributed by atoms with Gasteiger partial charge in [0.05, 0.1) is 12.0 Å². The van der Waals surface area contributed by atoms with Crippen molar-refractivity contribution in [1.29, 1.82) is 0 Å². The van der Waals surface area contributed by atoms with Crippen LogP contribution in [0.2, 0.25) is 5.02 Å². The highest BCUT2D eigenvalue weighted by Gasteiger charge is 2.30. The number of hydrogen-bond acceptors (Lipinski definition) is 2. The summed E-state index contributed by atoms with van der Waals surface area (Å²) >= 11 is 5.92. The van der Waals surface area contributed by atoms with Gasteiger partial charge in [0.15, 0.2) is 0 Å². The van der Waals surface area contributed by atoms with E-state index in [9.17, 15) is 9.90 Å². The molecule has 1 aromatic carbocycles. The summed E-state index contributed by atoms with van der Waals surface area (Å²) in [6.07, 6.45) is 1.10. The molecule has 0 bridgehead atoms. The van der Waals surface area contributed by atoms with Crippen LogP contribution in [0.4, 0.5) is 0 Å². The molecule has 2 rings (SSSR count). The van der Waals surface area contributed by atoms with E-state index in [1.807, 2.05) is 29.2 Å². The number of benzene rings is 1. The van der Waals surface area contributed by atoms with Crippen LogP contribution in [0.5, 0.6) is 0 Å². The zero-order chi connectivity index (χ0) is 14.7. The van der Waals surface area contributed by atoms with Gasteiger partial charge in [0.2, 0.25) is 5.91 Å². The van der Waals surface area contributed by atoms with E-state index < -0.39 is 0 Å². The fraction of sp³-hybridized carbons (Fsp3) is 0.562. The molecule has 110 valence electrons. The number of likely N-dealkylation sites (tertiary alicyclic amines) is 1. The molecule has 1 amide bonds. The topological polar surface area (TPSA) is 40.5 Å². The van der Waals surface area contributed by atoms with Gasteiger partial charge in [-0.25, -0.2) is 0 Å². The van der Waals surface area contributed by atoms with E-state index in [1.165, 1.54) is 0 Å². The van der Waals surface area contributed by atoms with E-state index in [2.05, 4.69) is 13.8 Å². The maximum absolute atomic E-state index is 12.7. The Balaban J connectivity index is 2.16. The van der Waals surface area contributed by atoms with Crippen molar-refractivity contribution in [3.63, 3.8) is 0 Å². The van der Waals surface area contributed by atoms with Gasteiger partial charge in [0.25, 0.3) is 0 Å². The Morgan fingerprint density at radius 1 is 1.25 bits per heavy atom. The molecule has 1 heterocycles. The van der Waals surface area contributed by atoms with Crippen molar-refractivity contribution in [2.45, 2.75) is 38.7 Å². The first-order valence-corrected chi connectivity index (χ1v) is 7.59. The molecule has 20 heavy (non-hydrogen) atoms. The van der Waals surface area contributed by atoms with Gasteiger partial charge in [0, 0.05) is 18.1 Å². The normalized spacial score (nSPS) is 18.4. The highest BCUT2D eigenvalue weighted by atomic mass is 35.5. The van der Waals surface area contributed by atoms with Crippen LogP contribution < -0.4 is 0 Å². The highest BCUT2D eigenvalue weighted by molar-refractivity contribution is 6.30. The predicted octanol–water partition coefficient (Wildman–Crippen LogP) is 3.06. The molecule has 3 nitrogen and oxygen atoms in total. The summed E-state index contributed by atoms with van der Waals surface area (Å²) < 4.78 is 0. The molecule has 0 aromatic heterocycles. The average molecular weight is 296 g/mol. The minimum absolute atomic E-state index is 0.137. The predicted molar refractivity (Wildman–Crippen MR) is 80.9 cm³/mol. The molecular formula is C16H22ClNO2. The van der Waals surface area contributed by atoms with Crippen molar-refractivity contribution < 1.29 is 9.90 Å². The number of amides is 1. The molecule has 1 unspecified atom stereocenters. The lowest BCUT2D eigenvalue weighted by molar-refractivity contribution is -0.135. The summed E-state index contributed by atoms with van der Waals surface area (Å²) in [6.45, 7) is 5.43. The lowest BCUT2D eigenvalue weighted by Gasteiger charge is -2.34. The highest BCUT2D eigenvalue weighted by Crippen LogP contribution is 2.29. The van der Waals surface area contributed by atoms with E-state index in [-0.39, 0.29) is 23.8 Å². The second kappa shape index (κ2) is 6.59. The largest absolute Gasteiger partial charge is 0.393 e. The molecule has 1 fully saturated rings. The molecule has 1 atom stereocenters. The minimum Gasteiger partial charge on any atom is -0.393 e. The molecule has 0 aliphatic carbocycles. The Kier molecular flexibility index (Phi) is 5.06. The monoisotopic (exact) mass is 295 g/mol. The summed E-state index contributed by atoms with van der Waals surface area (Å²) in [5.41, 5.74) is 1.01. The smallest absolute Gasteiger partial charge is 0.230 e. The first-order chi connectivity index (χ1) is 9.49. The first-order valence-electron chi connectivity index (χ1n) is 7.21. The van der Waals surface area contributed by atoms with Crippen molar-refractivity contribution in [3.8, 4) is 0 Å². The van der Waals surface area contributed by atoms with E-state index in [4.69, 9.17) is 11.6 Å². The molecule has 0 radical (unpaired) electrons. The second-order valence-electron chi connectivity index (χ2n) is 5.83. The van der Waals surface area contributed by atoms with Crippen LogP contribution in [0.3, 0.4) is 0 Å². The molecule has 1 aliphatic rings. The Morgan fingerprint density at radius 3 is 2.30 bits per heavy atom. The number of aliphatic hydroxyl groups is 1. The van der Waals surface area contributed by atoms with Gasteiger partial charge in [-0.05, 0) is 36.5 Å². The van der Waals surface area contributed by atoms with Crippen LogP contribution in [-0.2, 0) is 4.79 Å². The van der Waals surface area contributed by atoms with Crippen LogP contribution in [0, 0.1) is 5.92 Å². The zero-order valence-electron chi connectivity index (χ0n) is 12.1. The van der Waals surface area contributed by atoms with Gasteiger partial charge in [-0.3, -0.25) is 4.79 Å². The van der Waals surface area contributed by atoms with E-state index in [0.29, 0.717) is 31.0 Å². The molecule has 4 heteroatoms. The van der Waals surface area contributed by atoms with Crippen molar-refractivity contribution in [3.05, 3.63) is 34.9 Å². The quantitative estimate of drug-likeness (QED) is 0.931. The zero-order valence-corrected chi connectivity index (χ0v) is 12.8. The van der Waals surface area contributed by atoms with Gasteiger partial charge < -0.3 is 10.0 Å². The number of halogens is 1. The van der Waals surface area contributed by atoms with E-state index in [1.54, 1.807) is 0 Å². The SMILES string of the molecule is CC(C)C(C(=O)N1CCC(O)CC1)c1ccc(Cl)cc1. The van der Waals surface area contributed by atoms with Crippen molar-refractivity contribution in [1.82, 2.24) is 4.90 Å². The molecular weight excluding hydrogens is 274 g/mol. The average Bonchev–Trinajstić information content (AvgIpc) is 2.41. The Bertz CT molecular complexity index is 450. The van der Waals surface area contributed by atoms with Gasteiger partial charge in [-0.15, -0.1) is 0 Å². The Hall–Kier alpha value is -1.06. The van der Waals surface area contributed by atoms with Gasteiger partial charge >= 0.3 is 0 Å². The number of nitrogens with zero attached hydrogens (tertiary/aromatic N) is 1. The number of aliphatic hydroxyl groups excluding tert-OH is 1. The first kappa shape index (κ1) is 15.3. The number of carbonyl (C=O) groups excluding carboxylic acids is 1. The van der Waals surface area contributed by atoms with Gasteiger partial charge in [-0.1, -0.05) is 37.6 Å². The van der Waals surface area contributed by atoms with E-state index >= 15 is 0 Å². The molecule has 0 spiro atoms. The lowest BCUT2D eigenvalue weighted by atomic mass is 9.86. The summed E-state index contributed by atoms with van der Waals surface area (Å²) in [6, 6.07) is 7.53. The fourth-order valence-electron chi connectivity index (χ4n) is 2.77. The lowest BCUT2D eigenvalue weighted by Crippen LogP contribution is -2.43. The number of rotatable bonds is 3. The molecule has 0 saturated carbocycles. The summed E-state index contributed by atoms with van der Waals surface area (Å²) in [5, 5.41) is 10.2. The van der Waals surface area contributed by atoms with Crippen molar-refractivity contribution in [2.24, 2.45) is 5.92 Å². The van der Waals surface area contributed by atoms with Crippen LogP contribution >= 0.6 is 11.6 Å².